The molecule has 2 unspecified atom stereocenters. The molecule has 0 fully saturated rings. The molecule has 0 aliphatic rings. The first kappa shape index (κ1) is 86.1. The van der Waals surface area contributed by atoms with Crippen LogP contribution < -0.4 is 0 Å². The number of phosphoric acid groups is 2. The zero-order chi connectivity index (χ0) is 65.2. The molecule has 17 nitrogen and oxygen atoms in total. The summed E-state index contributed by atoms with van der Waals surface area (Å²) < 4.78 is 68.1. The molecule has 0 aromatic heterocycles. The summed E-state index contributed by atoms with van der Waals surface area (Å²) in [6, 6.07) is 0. The van der Waals surface area contributed by atoms with E-state index in [1.165, 1.54) is 141 Å². The van der Waals surface area contributed by atoms with Gasteiger partial charge in [-0.05, 0) is 43.4 Å². The Hall–Kier alpha value is -1.94. The van der Waals surface area contributed by atoms with Gasteiger partial charge in [-0.3, -0.25) is 37.3 Å². The van der Waals surface area contributed by atoms with Crippen LogP contribution in [0.25, 0.3) is 0 Å². The van der Waals surface area contributed by atoms with Crippen molar-refractivity contribution in [3.05, 3.63) is 0 Å². The van der Waals surface area contributed by atoms with Crippen LogP contribution in [-0.4, -0.2) is 96.7 Å². The van der Waals surface area contributed by atoms with Crippen LogP contribution in [0.2, 0.25) is 0 Å². The van der Waals surface area contributed by atoms with Gasteiger partial charge in [-0.1, -0.05) is 292 Å². The van der Waals surface area contributed by atoms with E-state index in [2.05, 4.69) is 48.5 Å². The number of aliphatic hydroxyl groups is 1. The van der Waals surface area contributed by atoms with E-state index >= 15 is 0 Å². The molecule has 3 N–H and O–H groups in total. The van der Waals surface area contributed by atoms with Crippen LogP contribution in [0.5, 0.6) is 0 Å². The molecule has 88 heavy (non-hydrogen) atoms. The standard InChI is InChI=1S/C69H134O17P2/c1-8-9-10-11-26-36-43-50-66(71)79-56-65(86-69(74)53-46-39-32-31-35-42-49-62(6)7)59-84-88(77,78)82-55-63(70)54-81-87(75,76)83-58-64(85-68(73)52-45-38-30-25-21-17-13-15-19-23-28-34-41-48-61(4)5)57-80-67(72)51-44-37-29-24-20-16-12-14-18-22-27-33-40-47-60(2)3/h60-65,70H,8-59H2,1-7H3,(H,75,76)(H,77,78)/t63-,64-,65-/m1/s1. The molecule has 19 heteroatoms. The summed E-state index contributed by atoms with van der Waals surface area (Å²) >= 11 is 0. The number of esters is 4. The lowest BCUT2D eigenvalue weighted by molar-refractivity contribution is -0.161. The van der Waals surface area contributed by atoms with Gasteiger partial charge in [0.2, 0.25) is 0 Å². The van der Waals surface area contributed by atoms with Crippen molar-refractivity contribution in [2.75, 3.05) is 39.6 Å². The second-order valence-electron chi connectivity index (χ2n) is 26.3. The van der Waals surface area contributed by atoms with Crippen LogP contribution in [0.3, 0.4) is 0 Å². The normalized spacial score (nSPS) is 14.2. The first-order valence-electron chi connectivity index (χ1n) is 35.8. The number of rotatable bonds is 67. The Morgan fingerprint density at radius 3 is 0.773 bits per heavy atom. The molecule has 0 saturated carbocycles. The summed E-state index contributed by atoms with van der Waals surface area (Å²) in [6.45, 7) is 11.7. The maximum atomic E-state index is 13.0. The van der Waals surface area contributed by atoms with Gasteiger partial charge in [0.25, 0.3) is 0 Å². The maximum Gasteiger partial charge on any atom is 0.472 e. The molecule has 0 amide bonds. The third-order valence-electron chi connectivity index (χ3n) is 15.9. The number of carbonyl (C=O) groups excluding carboxylic acids is 4. The minimum Gasteiger partial charge on any atom is -0.462 e. The lowest BCUT2D eigenvalue weighted by Crippen LogP contribution is -2.30. The fourth-order valence-corrected chi connectivity index (χ4v) is 11.9. The molecule has 0 radical (unpaired) electrons. The van der Waals surface area contributed by atoms with E-state index in [1.807, 2.05) is 0 Å². The fraction of sp³-hybridized carbons (Fsp3) is 0.942. The van der Waals surface area contributed by atoms with Crippen molar-refractivity contribution in [1.82, 2.24) is 0 Å². The molecule has 0 aromatic carbocycles. The van der Waals surface area contributed by atoms with Crippen LogP contribution in [0, 0.1) is 17.8 Å². The van der Waals surface area contributed by atoms with Crippen LogP contribution in [0.15, 0.2) is 0 Å². The zero-order valence-electron chi connectivity index (χ0n) is 57.2. The van der Waals surface area contributed by atoms with E-state index in [4.69, 9.17) is 37.0 Å². The Labute approximate surface area is 537 Å². The lowest BCUT2D eigenvalue weighted by Gasteiger charge is -2.21. The van der Waals surface area contributed by atoms with Crippen molar-refractivity contribution in [3.8, 4) is 0 Å². The summed E-state index contributed by atoms with van der Waals surface area (Å²) in [5.74, 6) is 0.111. The molecule has 522 valence electrons. The largest absolute Gasteiger partial charge is 0.472 e. The van der Waals surface area contributed by atoms with Crippen molar-refractivity contribution in [2.45, 2.75) is 362 Å². The smallest absolute Gasteiger partial charge is 0.462 e. The number of hydrogen-bond acceptors (Lipinski definition) is 15. The molecule has 0 saturated heterocycles. The summed E-state index contributed by atoms with van der Waals surface area (Å²) in [6.07, 6.45) is 43.4. The van der Waals surface area contributed by atoms with E-state index in [0.29, 0.717) is 31.6 Å². The summed E-state index contributed by atoms with van der Waals surface area (Å²) in [7, 11) is -9.89. The highest BCUT2D eigenvalue weighted by Gasteiger charge is 2.30. The van der Waals surface area contributed by atoms with Gasteiger partial charge >= 0.3 is 39.5 Å². The highest BCUT2D eigenvalue weighted by molar-refractivity contribution is 7.47. The monoisotopic (exact) mass is 1300 g/mol. The third-order valence-corrected chi connectivity index (χ3v) is 17.8. The molecule has 5 atom stereocenters. The van der Waals surface area contributed by atoms with Gasteiger partial charge in [0.15, 0.2) is 12.2 Å². The van der Waals surface area contributed by atoms with Gasteiger partial charge in [-0.25, -0.2) is 9.13 Å². The number of aliphatic hydroxyl groups excluding tert-OH is 1. The second-order valence-corrected chi connectivity index (χ2v) is 29.3. The van der Waals surface area contributed by atoms with Gasteiger partial charge < -0.3 is 33.8 Å². The van der Waals surface area contributed by atoms with E-state index in [0.717, 1.165) is 115 Å². The summed E-state index contributed by atoms with van der Waals surface area (Å²) in [5, 5.41) is 10.6. The Kier molecular flexibility index (Phi) is 58.7. The van der Waals surface area contributed by atoms with Crippen LogP contribution >= 0.6 is 15.6 Å². The highest BCUT2D eigenvalue weighted by Crippen LogP contribution is 2.45. The van der Waals surface area contributed by atoms with E-state index < -0.39 is 97.5 Å². The maximum absolute atomic E-state index is 13.0. The molecular weight excluding hydrogens is 1160 g/mol. The first-order chi connectivity index (χ1) is 42.2. The number of carbonyl (C=O) groups is 4. The van der Waals surface area contributed by atoms with Gasteiger partial charge in [0.1, 0.15) is 19.3 Å². The van der Waals surface area contributed by atoms with Crippen molar-refractivity contribution in [3.63, 3.8) is 0 Å². The van der Waals surface area contributed by atoms with Crippen molar-refractivity contribution in [2.24, 2.45) is 17.8 Å². The van der Waals surface area contributed by atoms with Gasteiger partial charge in [-0.2, -0.15) is 0 Å². The average Bonchev–Trinajstić information content (AvgIpc) is 3.57. The molecule has 0 heterocycles. The Morgan fingerprint density at radius 1 is 0.307 bits per heavy atom. The Balaban J connectivity index is 5.19. The second kappa shape index (κ2) is 60.0. The van der Waals surface area contributed by atoms with Gasteiger partial charge in [0, 0.05) is 25.7 Å². The zero-order valence-corrected chi connectivity index (χ0v) is 59.0. The first-order valence-corrected chi connectivity index (χ1v) is 38.8. The number of unbranched alkanes of at least 4 members (excludes halogenated alkanes) is 35. The predicted octanol–water partition coefficient (Wildman–Crippen LogP) is 19.5. The molecule has 0 aromatic rings. The van der Waals surface area contributed by atoms with E-state index in [9.17, 15) is 43.2 Å². The Morgan fingerprint density at radius 2 is 0.523 bits per heavy atom. The van der Waals surface area contributed by atoms with Crippen molar-refractivity contribution in [1.29, 1.82) is 0 Å². The van der Waals surface area contributed by atoms with Crippen molar-refractivity contribution >= 4 is 39.5 Å². The topological polar surface area (TPSA) is 237 Å². The minimum atomic E-state index is -4.95. The summed E-state index contributed by atoms with van der Waals surface area (Å²) in [5.41, 5.74) is 0. The molecule has 0 aliphatic heterocycles. The van der Waals surface area contributed by atoms with Crippen LogP contribution in [-0.2, 0) is 65.4 Å². The molecule has 0 spiro atoms. The number of ether oxygens (including phenoxy) is 4. The number of phosphoric ester groups is 2. The third kappa shape index (κ3) is 62.8. The molecule has 0 bridgehead atoms. The molecular formula is C69H134O17P2. The van der Waals surface area contributed by atoms with Crippen LogP contribution in [0.4, 0.5) is 0 Å². The van der Waals surface area contributed by atoms with Crippen molar-refractivity contribution < 1.29 is 80.2 Å². The minimum absolute atomic E-state index is 0.102. The molecule has 0 rings (SSSR count). The fourth-order valence-electron chi connectivity index (χ4n) is 10.4. The average molecular weight is 1300 g/mol. The lowest BCUT2D eigenvalue weighted by atomic mass is 10.0. The predicted molar refractivity (Wildman–Crippen MR) is 354 cm³/mol. The molecule has 0 aliphatic carbocycles. The summed E-state index contributed by atoms with van der Waals surface area (Å²) in [4.78, 5) is 72.3. The SMILES string of the molecule is CCCCCCCCCC(=O)OC[C@H](COP(=O)(O)OC[C@H](O)COP(=O)(O)OC[C@@H](COC(=O)CCCCCCCCCCCCCCCC(C)C)OC(=O)CCCCCCCCCCCCCCCC(C)C)OC(=O)CCCCCCCCC(C)C. The van der Waals surface area contributed by atoms with E-state index in [1.54, 1.807) is 0 Å². The Bertz CT molecular complexity index is 1730. The van der Waals surface area contributed by atoms with E-state index in [-0.39, 0.29) is 25.7 Å². The van der Waals surface area contributed by atoms with Crippen LogP contribution in [0.1, 0.15) is 344 Å². The quantitative estimate of drug-likeness (QED) is 0.0222. The highest BCUT2D eigenvalue weighted by atomic mass is 31.2. The van der Waals surface area contributed by atoms with Gasteiger partial charge in [-0.15, -0.1) is 0 Å². The number of hydrogen-bond donors (Lipinski definition) is 3. The van der Waals surface area contributed by atoms with Gasteiger partial charge in [0.05, 0.1) is 26.4 Å².